The van der Waals surface area contributed by atoms with Gasteiger partial charge in [-0.25, -0.2) is 8.42 Å². The monoisotopic (exact) mass is 806 g/mol. The molecule has 0 saturated heterocycles. The van der Waals surface area contributed by atoms with Crippen LogP contribution in [0.25, 0.3) is 10.9 Å². The number of fused-ring (bicyclic) bond motifs is 1. The van der Waals surface area contributed by atoms with Gasteiger partial charge in [0.25, 0.3) is 11.4 Å². The number of carbonyl (C=O) groups excluding carboxylic acids is 6. The zero-order valence-electron chi connectivity index (χ0n) is 30.2. The number of nitrogens with one attached hydrogen (secondary N) is 4. The minimum Gasteiger partial charge on any atom is -0.370 e. The Hall–Kier alpha value is -5.68. The molecule has 3 heterocycles. The topological polar surface area (TPSA) is 275 Å². The van der Waals surface area contributed by atoms with E-state index in [2.05, 4.69) is 20.9 Å². The van der Waals surface area contributed by atoms with Crippen LogP contribution in [0.4, 0.5) is 5.69 Å². The maximum Gasteiger partial charge on any atom is 0.396 e. The molecule has 19 heteroatoms. The first-order valence-corrected chi connectivity index (χ1v) is 21.0. The van der Waals surface area contributed by atoms with Gasteiger partial charge in [-0.05, 0) is 79.3 Å². The summed E-state index contributed by atoms with van der Waals surface area (Å²) in [4.78, 5) is 102. The zero-order chi connectivity index (χ0) is 40.7. The van der Waals surface area contributed by atoms with E-state index in [1.165, 1.54) is 53.4 Å². The predicted molar refractivity (Wildman–Crippen MR) is 202 cm³/mol. The van der Waals surface area contributed by atoms with Crippen molar-refractivity contribution in [3.05, 3.63) is 94.2 Å². The fourth-order valence-electron chi connectivity index (χ4n) is 7.03. The molecular weight excluding hydrogens is 767 g/mol. The Labute approximate surface area is 320 Å². The van der Waals surface area contributed by atoms with E-state index in [4.69, 9.17) is 5.73 Å². The van der Waals surface area contributed by atoms with Crippen molar-refractivity contribution in [3.63, 3.8) is 0 Å². The SMILES string of the molecule is Cc1cc2c3c(c1)C[C@@H](C(=O)N[C@@H](CCC(N)=O)C(=O)NCc1ccc(S(C)(=O)=O)cc1)N3C(=O)[C@@H](NC(=O)c1cc3cc(C(=O)P(=O)(O)O)ccc3[nH]1)CC2. The Morgan fingerprint density at radius 1 is 1.02 bits per heavy atom. The Kier molecular flexibility index (Phi) is 11.0. The Balaban J connectivity index is 1.21. The zero-order valence-corrected chi connectivity index (χ0v) is 31.9. The van der Waals surface area contributed by atoms with Crippen LogP contribution in [-0.2, 0) is 53.0 Å². The van der Waals surface area contributed by atoms with Crippen LogP contribution >= 0.6 is 7.60 Å². The second-order valence-corrected chi connectivity index (χ2v) is 17.5. The molecule has 0 bridgehead atoms. The van der Waals surface area contributed by atoms with Gasteiger partial charge in [0.1, 0.15) is 23.8 Å². The molecule has 0 spiro atoms. The van der Waals surface area contributed by atoms with E-state index in [1.807, 2.05) is 19.1 Å². The second-order valence-electron chi connectivity index (χ2n) is 14.0. The Morgan fingerprint density at radius 3 is 2.38 bits per heavy atom. The normalized spacial score (nSPS) is 17.1. The molecule has 0 saturated carbocycles. The number of benzene rings is 3. The highest BCUT2D eigenvalue weighted by Gasteiger charge is 2.45. The second kappa shape index (κ2) is 15.5. The Bertz CT molecular complexity index is 2460. The van der Waals surface area contributed by atoms with Crippen molar-refractivity contribution in [2.24, 2.45) is 5.73 Å². The van der Waals surface area contributed by atoms with Crippen LogP contribution in [0.1, 0.15) is 62.4 Å². The van der Waals surface area contributed by atoms with E-state index in [-0.39, 0.29) is 48.4 Å². The number of primary amides is 1. The van der Waals surface area contributed by atoms with Crippen LogP contribution in [0.5, 0.6) is 0 Å². The number of rotatable bonds is 13. The van der Waals surface area contributed by atoms with Crippen LogP contribution in [0.15, 0.2) is 65.6 Å². The lowest BCUT2D eigenvalue weighted by molar-refractivity contribution is -0.131. The van der Waals surface area contributed by atoms with Crippen molar-refractivity contribution in [2.45, 2.75) is 68.6 Å². The molecule has 6 rings (SSSR count). The van der Waals surface area contributed by atoms with Crippen molar-refractivity contribution in [1.82, 2.24) is 20.9 Å². The molecule has 8 N–H and O–H groups in total. The Morgan fingerprint density at radius 2 is 1.71 bits per heavy atom. The number of anilines is 1. The van der Waals surface area contributed by atoms with Crippen molar-refractivity contribution in [3.8, 4) is 0 Å². The van der Waals surface area contributed by atoms with E-state index >= 15 is 0 Å². The number of nitrogens with zero attached hydrogens (tertiary/aromatic N) is 1. The van der Waals surface area contributed by atoms with Crippen LogP contribution in [0.3, 0.4) is 0 Å². The van der Waals surface area contributed by atoms with Crippen LogP contribution < -0.4 is 26.6 Å². The highest BCUT2D eigenvalue weighted by atomic mass is 32.2. The molecule has 2 aliphatic rings. The average molecular weight is 807 g/mol. The number of hydrogen-bond acceptors (Lipinski definition) is 9. The van der Waals surface area contributed by atoms with Gasteiger partial charge in [0.05, 0.1) is 10.6 Å². The van der Waals surface area contributed by atoms with Gasteiger partial charge >= 0.3 is 7.60 Å². The van der Waals surface area contributed by atoms with E-state index in [1.54, 1.807) is 0 Å². The maximum absolute atomic E-state index is 14.3. The van der Waals surface area contributed by atoms with Gasteiger partial charge in [-0.2, -0.15) is 0 Å². The third kappa shape index (κ3) is 8.58. The molecule has 0 unspecified atom stereocenters. The van der Waals surface area contributed by atoms with Gasteiger partial charge in [-0.1, -0.05) is 29.8 Å². The largest absolute Gasteiger partial charge is 0.396 e. The lowest BCUT2D eigenvalue weighted by Gasteiger charge is -2.29. The molecule has 294 valence electrons. The number of nitrogens with two attached hydrogens (primary N) is 1. The molecular formula is C37H39N6O11PS. The highest BCUT2D eigenvalue weighted by molar-refractivity contribution is 7.90. The number of carbonyl (C=O) groups is 6. The molecule has 3 atom stereocenters. The van der Waals surface area contributed by atoms with Crippen LogP contribution in [-0.4, -0.2) is 82.6 Å². The predicted octanol–water partition coefficient (Wildman–Crippen LogP) is 1.27. The summed E-state index contributed by atoms with van der Waals surface area (Å²) in [5.74, 6) is -3.26. The van der Waals surface area contributed by atoms with Gasteiger partial charge < -0.3 is 36.5 Å². The molecule has 0 radical (unpaired) electrons. The number of aromatic amines is 1. The number of amides is 5. The highest BCUT2D eigenvalue weighted by Crippen LogP contribution is 2.41. The molecule has 0 fully saturated rings. The lowest BCUT2D eigenvalue weighted by Crippen LogP contribution is -2.57. The molecule has 17 nitrogen and oxygen atoms in total. The lowest BCUT2D eigenvalue weighted by atomic mass is 9.98. The summed E-state index contributed by atoms with van der Waals surface area (Å²) in [6, 6.07) is 11.4. The summed E-state index contributed by atoms with van der Waals surface area (Å²) in [7, 11) is -8.47. The summed E-state index contributed by atoms with van der Waals surface area (Å²) in [6.07, 6.45) is 1.36. The smallest absolute Gasteiger partial charge is 0.370 e. The third-order valence-electron chi connectivity index (χ3n) is 9.73. The minimum absolute atomic E-state index is 0.0113. The molecule has 56 heavy (non-hydrogen) atoms. The summed E-state index contributed by atoms with van der Waals surface area (Å²) in [5.41, 5.74) is 7.71. The molecule has 5 amide bonds. The van der Waals surface area contributed by atoms with Crippen LogP contribution in [0.2, 0.25) is 0 Å². The minimum atomic E-state index is -5.04. The van der Waals surface area contributed by atoms with Crippen molar-refractivity contribution < 1.29 is 51.5 Å². The number of H-pyrrole nitrogens is 1. The fraction of sp³-hybridized carbons (Fsp3) is 0.297. The first-order chi connectivity index (χ1) is 26.3. The summed E-state index contributed by atoms with van der Waals surface area (Å²) >= 11 is 0. The average Bonchev–Trinajstić information content (AvgIpc) is 3.71. The van der Waals surface area contributed by atoms with Gasteiger partial charge in [-0.3, -0.25) is 38.2 Å². The summed E-state index contributed by atoms with van der Waals surface area (Å²) < 4.78 is 35.1. The van der Waals surface area contributed by atoms with Gasteiger partial charge in [0.15, 0.2) is 9.84 Å². The fourth-order valence-corrected chi connectivity index (χ4v) is 8.13. The molecule has 2 aliphatic heterocycles. The third-order valence-corrected chi connectivity index (χ3v) is 11.6. The number of aromatic nitrogens is 1. The van der Waals surface area contributed by atoms with Gasteiger partial charge in [-0.15, -0.1) is 0 Å². The van der Waals surface area contributed by atoms with Crippen LogP contribution in [0, 0.1) is 6.92 Å². The van der Waals surface area contributed by atoms with E-state index in [0.717, 1.165) is 22.9 Å². The van der Waals surface area contributed by atoms with E-state index in [9.17, 15) is 51.5 Å². The number of sulfone groups is 1. The standard InChI is InChI=1S/C37H39N6O11PS/c1-19-13-21-5-10-28(42-34(46)29-16-23-15-22(6-9-26(23)40-29)37(49)55(50,51)52)36(48)43-30(17-24(14-19)32(21)43)35(47)41-27(11-12-31(38)44)33(45)39-18-20-3-7-25(8-4-20)56(2,53)54/h3-4,6-9,13-16,27-28,30,40H,5,10-12,17-18H2,1-2H3,(H2,38,44)(H,39,45)(H,41,47)(H,42,46)(H2,50,51,52)/t27-,28-,30-/m0/s1. The maximum atomic E-state index is 14.3. The van der Waals surface area contributed by atoms with Gasteiger partial charge in [0, 0.05) is 42.1 Å². The molecule has 1 aromatic heterocycles. The van der Waals surface area contributed by atoms with Gasteiger partial charge in [0.2, 0.25) is 23.6 Å². The summed E-state index contributed by atoms with van der Waals surface area (Å²) in [6.45, 7) is 1.87. The molecule has 4 aromatic rings. The first kappa shape index (κ1) is 40.0. The first-order valence-electron chi connectivity index (χ1n) is 17.4. The summed E-state index contributed by atoms with van der Waals surface area (Å²) in [5, 5.41) is 8.47. The number of hydrogen-bond donors (Lipinski definition) is 7. The van der Waals surface area contributed by atoms with Crippen molar-refractivity contribution in [1.29, 1.82) is 0 Å². The quantitative estimate of drug-likeness (QED) is 0.0945. The van der Waals surface area contributed by atoms with Crippen molar-refractivity contribution >= 4 is 69.1 Å². The van der Waals surface area contributed by atoms with E-state index < -0.39 is 70.6 Å². The van der Waals surface area contributed by atoms with Crippen molar-refractivity contribution in [2.75, 3.05) is 11.2 Å². The molecule has 0 aliphatic carbocycles. The van der Waals surface area contributed by atoms with E-state index in [0.29, 0.717) is 28.6 Å². The number of aryl methyl sites for hydroxylation is 2. The molecule has 3 aromatic carbocycles.